The highest BCUT2D eigenvalue weighted by atomic mass is 16.3. The molecule has 0 radical (unpaired) electrons. The van der Waals surface area contributed by atoms with E-state index in [0.717, 1.165) is 25.7 Å². The van der Waals surface area contributed by atoms with E-state index in [4.69, 9.17) is 0 Å². The predicted octanol–water partition coefficient (Wildman–Crippen LogP) is 22.6. The SMILES string of the molecule is CCCCCCCCCCCCCCCCCCCC/C=C\CCCCCCCCCCCCCCCCCC(O)CC(=O)NC(CO)C(O)CCCCCCCCCCCCCCCCCCCCCCCCC. The van der Waals surface area contributed by atoms with Gasteiger partial charge in [-0.2, -0.15) is 0 Å². The first-order valence-electron chi connectivity index (χ1n) is 35.0. The Morgan fingerprint density at radius 1 is 0.320 bits per heavy atom. The molecule has 0 saturated heterocycles. The summed E-state index contributed by atoms with van der Waals surface area (Å²) in [5.74, 6) is -0.274. The van der Waals surface area contributed by atoms with Crippen molar-refractivity contribution in [3.8, 4) is 0 Å². The van der Waals surface area contributed by atoms with E-state index in [-0.39, 0.29) is 18.9 Å². The number of allylic oxidation sites excluding steroid dienone is 2. The molecule has 3 unspecified atom stereocenters. The van der Waals surface area contributed by atoms with Gasteiger partial charge in [0, 0.05) is 0 Å². The second-order valence-electron chi connectivity index (χ2n) is 24.5. The number of hydrogen-bond acceptors (Lipinski definition) is 4. The number of unbranched alkanes of at least 4 members (excludes halogenated alkanes) is 55. The van der Waals surface area contributed by atoms with Gasteiger partial charge in [0.25, 0.3) is 0 Å². The summed E-state index contributed by atoms with van der Waals surface area (Å²) >= 11 is 0. The fraction of sp³-hybridized carbons (Fsp3) is 0.957. The minimum absolute atomic E-state index is 0.0416. The van der Waals surface area contributed by atoms with E-state index in [1.54, 1.807) is 0 Å². The summed E-state index contributed by atoms with van der Waals surface area (Å²) in [6.45, 7) is 4.32. The summed E-state index contributed by atoms with van der Waals surface area (Å²) in [7, 11) is 0. The van der Waals surface area contributed by atoms with Crippen LogP contribution in [0.15, 0.2) is 12.2 Å². The molecule has 5 heteroatoms. The van der Waals surface area contributed by atoms with Gasteiger partial charge in [0.15, 0.2) is 0 Å². The molecule has 0 aliphatic rings. The van der Waals surface area contributed by atoms with Crippen molar-refractivity contribution in [2.24, 2.45) is 0 Å². The van der Waals surface area contributed by atoms with Crippen LogP contribution in [-0.2, 0) is 4.79 Å². The second-order valence-corrected chi connectivity index (χ2v) is 24.5. The molecule has 4 N–H and O–H groups in total. The van der Waals surface area contributed by atoms with Crippen LogP contribution >= 0.6 is 0 Å². The van der Waals surface area contributed by atoms with E-state index in [2.05, 4.69) is 31.3 Å². The van der Waals surface area contributed by atoms with Crippen LogP contribution in [0.4, 0.5) is 0 Å². The van der Waals surface area contributed by atoms with Crippen LogP contribution in [0.3, 0.4) is 0 Å². The topological polar surface area (TPSA) is 89.8 Å². The van der Waals surface area contributed by atoms with Crippen LogP contribution in [0.2, 0.25) is 0 Å². The van der Waals surface area contributed by atoms with Gasteiger partial charge < -0.3 is 20.6 Å². The lowest BCUT2D eigenvalue weighted by Gasteiger charge is -2.23. The maximum absolute atomic E-state index is 12.6. The fourth-order valence-electron chi connectivity index (χ4n) is 11.5. The Balaban J connectivity index is 3.43. The van der Waals surface area contributed by atoms with E-state index < -0.39 is 18.2 Å². The molecular weight excluding hydrogens is 919 g/mol. The molecule has 0 aliphatic carbocycles. The number of nitrogens with one attached hydrogen (secondary N) is 1. The molecule has 3 atom stereocenters. The average molecular weight is 1060 g/mol. The predicted molar refractivity (Wildman–Crippen MR) is 333 cm³/mol. The number of aliphatic hydroxyl groups is 3. The number of carbonyl (C=O) groups is 1. The molecule has 0 heterocycles. The third-order valence-electron chi connectivity index (χ3n) is 16.8. The van der Waals surface area contributed by atoms with Crippen LogP contribution in [0.5, 0.6) is 0 Å². The smallest absolute Gasteiger partial charge is 0.222 e. The van der Waals surface area contributed by atoms with Crippen LogP contribution in [0.1, 0.15) is 406 Å². The molecule has 0 saturated carbocycles. The molecule has 448 valence electrons. The molecule has 0 aromatic carbocycles. The number of hydrogen-bond donors (Lipinski definition) is 4. The molecule has 5 nitrogen and oxygen atoms in total. The van der Waals surface area contributed by atoms with Gasteiger partial charge in [0.05, 0.1) is 31.3 Å². The molecule has 0 aliphatic heterocycles. The zero-order valence-electron chi connectivity index (χ0n) is 51.5. The molecular formula is C70H139NO4. The van der Waals surface area contributed by atoms with E-state index >= 15 is 0 Å². The molecule has 1 amide bonds. The monoisotopic (exact) mass is 1060 g/mol. The molecule has 0 rings (SSSR count). The van der Waals surface area contributed by atoms with Crippen molar-refractivity contribution in [3.63, 3.8) is 0 Å². The minimum atomic E-state index is -0.748. The number of carbonyl (C=O) groups excluding carboxylic acids is 1. The van der Waals surface area contributed by atoms with Crippen LogP contribution in [0.25, 0.3) is 0 Å². The quantitative estimate of drug-likeness (QED) is 0.0361. The summed E-state index contributed by atoms with van der Waals surface area (Å²) in [5, 5.41) is 33.8. The fourth-order valence-corrected chi connectivity index (χ4v) is 11.5. The molecule has 75 heavy (non-hydrogen) atoms. The zero-order chi connectivity index (χ0) is 54.3. The Labute approximate surface area is 471 Å². The van der Waals surface area contributed by atoms with Crippen LogP contribution in [0, 0.1) is 0 Å². The first-order valence-corrected chi connectivity index (χ1v) is 35.0. The number of aliphatic hydroxyl groups excluding tert-OH is 3. The van der Waals surface area contributed by atoms with Gasteiger partial charge in [0.1, 0.15) is 0 Å². The lowest BCUT2D eigenvalue weighted by atomic mass is 10.0. The van der Waals surface area contributed by atoms with E-state index in [1.165, 1.54) is 347 Å². The summed E-state index contributed by atoms with van der Waals surface area (Å²) in [6, 6.07) is -0.657. The second kappa shape index (κ2) is 65.6. The maximum Gasteiger partial charge on any atom is 0.222 e. The van der Waals surface area contributed by atoms with Crippen LogP contribution in [-0.4, -0.2) is 46.1 Å². The van der Waals surface area contributed by atoms with Crippen molar-refractivity contribution in [1.29, 1.82) is 0 Å². The molecule has 0 fully saturated rings. The molecule has 0 spiro atoms. The van der Waals surface area contributed by atoms with Crippen molar-refractivity contribution in [3.05, 3.63) is 12.2 Å². The Bertz CT molecular complexity index is 1080. The average Bonchev–Trinajstić information content (AvgIpc) is 3.41. The highest BCUT2D eigenvalue weighted by Gasteiger charge is 2.21. The third-order valence-corrected chi connectivity index (χ3v) is 16.8. The Hall–Kier alpha value is -0.910. The van der Waals surface area contributed by atoms with Gasteiger partial charge in [-0.25, -0.2) is 0 Å². The van der Waals surface area contributed by atoms with Gasteiger partial charge >= 0.3 is 0 Å². The Morgan fingerprint density at radius 2 is 0.533 bits per heavy atom. The number of rotatable bonds is 66. The highest BCUT2D eigenvalue weighted by molar-refractivity contribution is 5.76. The Kier molecular flexibility index (Phi) is 64.8. The van der Waals surface area contributed by atoms with Gasteiger partial charge in [-0.15, -0.1) is 0 Å². The first kappa shape index (κ1) is 74.1. The lowest BCUT2D eigenvalue weighted by Crippen LogP contribution is -2.46. The first-order chi connectivity index (χ1) is 37.0. The van der Waals surface area contributed by atoms with E-state index in [9.17, 15) is 20.1 Å². The lowest BCUT2D eigenvalue weighted by molar-refractivity contribution is -0.125. The van der Waals surface area contributed by atoms with Gasteiger partial charge in [-0.3, -0.25) is 4.79 Å². The summed E-state index contributed by atoms with van der Waals surface area (Å²) < 4.78 is 0. The van der Waals surface area contributed by atoms with E-state index in [0.29, 0.717) is 12.8 Å². The van der Waals surface area contributed by atoms with Crippen molar-refractivity contribution in [2.75, 3.05) is 6.61 Å². The third kappa shape index (κ3) is 62.2. The maximum atomic E-state index is 12.6. The molecule has 0 aromatic heterocycles. The Morgan fingerprint density at radius 3 is 0.773 bits per heavy atom. The van der Waals surface area contributed by atoms with Crippen molar-refractivity contribution in [2.45, 2.75) is 424 Å². The summed E-state index contributed by atoms with van der Waals surface area (Å²) in [4.78, 5) is 12.6. The summed E-state index contributed by atoms with van der Waals surface area (Å²) in [6.07, 6.45) is 84.4. The largest absolute Gasteiger partial charge is 0.394 e. The van der Waals surface area contributed by atoms with Crippen molar-refractivity contribution in [1.82, 2.24) is 5.32 Å². The van der Waals surface area contributed by atoms with Crippen LogP contribution < -0.4 is 5.32 Å². The van der Waals surface area contributed by atoms with Crippen molar-refractivity contribution >= 4 is 5.91 Å². The van der Waals surface area contributed by atoms with Gasteiger partial charge in [0.2, 0.25) is 5.91 Å². The van der Waals surface area contributed by atoms with Gasteiger partial charge in [-0.1, -0.05) is 373 Å². The zero-order valence-corrected chi connectivity index (χ0v) is 51.5. The highest BCUT2D eigenvalue weighted by Crippen LogP contribution is 2.20. The standard InChI is InChI=1S/C70H139NO4/c1-3-5-7-9-11-13-15-17-19-21-23-25-27-28-29-30-31-32-33-34-35-36-37-38-39-40-42-43-45-47-49-51-53-55-57-59-61-63-67(73)65-70(75)71-68(66-72)69(74)64-62-60-58-56-54-52-50-48-46-44-41-26-24-22-20-18-16-14-12-10-8-6-4-2/h34-35,67-69,72-74H,3-33,36-66H2,1-2H3,(H,71,75)/b35-34-. The van der Waals surface area contributed by atoms with Gasteiger partial charge in [-0.05, 0) is 38.5 Å². The molecule has 0 bridgehead atoms. The summed E-state index contributed by atoms with van der Waals surface area (Å²) in [5.41, 5.74) is 0. The van der Waals surface area contributed by atoms with E-state index in [1.807, 2.05) is 0 Å². The molecule has 0 aromatic rings. The normalized spacial score (nSPS) is 13.1. The van der Waals surface area contributed by atoms with Crippen molar-refractivity contribution < 1.29 is 20.1 Å². The minimum Gasteiger partial charge on any atom is -0.394 e. The number of amides is 1.